The van der Waals surface area contributed by atoms with Crippen LogP contribution in [0.4, 0.5) is 0 Å². The second-order valence-corrected chi connectivity index (χ2v) is 3.57. The molecular weight excluding hydrogens is 208 g/mol. The third-order valence-electron chi connectivity index (χ3n) is 2.53. The zero-order valence-corrected chi connectivity index (χ0v) is 9.06. The lowest BCUT2D eigenvalue weighted by Gasteiger charge is -2.12. The van der Waals surface area contributed by atoms with Gasteiger partial charge in [-0.1, -0.05) is 12.1 Å². The summed E-state index contributed by atoms with van der Waals surface area (Å²) in [5.41, 5.74) is 3.52. The predicted molar refractivity (Wildman–Crippen MR) is 56.6 cm³/mol. The monoisotopic (exact) mass is 220 g/mol. The van der Waals surface area contributed by atoms with Gasteiger partial charge in [0, 0.05) is 7.05 Å². The van der Waals surface area contributed by atoms with Crippen molar-refractivity contribution in [3.63, 3.8) is 0 Å². The fourth-order valence-electron chi connectivity index (χ4n) is 1.65. The first-order valence-corrected chi connectivity index (χ1v) is 4.85. The lowest BCUT2D eigenvalue weighted by atomic mass is 10.0. The van der Waals surface area contributed by atoms with E-state index in [1.165, 1.54) is 12.1 Å². The molecule has 5 nitrogen and oxygen atoms in total. The number of rotatable bonds is 2. The van der Waals surface area contributed by atoms with Gasteiger partial charge in [0.2, 0.25) is 5.78 Å². The first-order chi connectivity index (χ1) is 7.63. The second kappa shape index (κ2) is 3.94. The number of hydrazine groups is 1. The van der Waals surface area contributed by atoms with Crippen LogP contribution in [0, 0.1) is 0 Å². The number of carbonyl (C=O) groups excluding carboxylic acids is 2. The summed E-state index contributed by atoms with van der Waals surface area (Å²) in [5.74, 6) is -0.308. The number of benzene rings is 1. The van der Waals surface area contributed by atoms with Crippen molar-refractivity contribution in [2.75, 3.05) is 14.2 Å². The van der Waals surface area contributed by atoms with Gasteiger partial charge < -0.3 is 4.74 Å². The number of amides is 1. The minimum absolute atomic E-state index is 0.448. The second-order valence-electron chi connectivity index (χ2n) is 3.57. The summed E-state index contributed by atoms with van der Waals surface area (Å²) in [7, 11) is 3.08. The molecule has 1 aliphatic rings. The molecule has 1 atom stereocenters. The number of nitrogens with zero attached hydrogens (tertiary/aromatic N) is 1. The van der Waals surface area contributed by atoms with Gasteiger partial charge in [-0.15, -0.1) is 0 Å². The van der Waals surface area contributed by atoms with Gasteiger partial charge in [0.05, 0.1) is 7.11 Å². The van der Waals surface area contributed by atoms with Crippen LogP contribution in [0.5, 0.6) is 5.75 Å². The van der Waals surface area contributed by atoms with E-state index in [2.05, 4.69) is 5.43 Å². The van der Waals surface area contributed by atoms with Crippen LogP contribution >= 0.6 is 0 Å². The van der Waals surface area contributed by atoms with Crippen molar-refractivity contribution in [3.05, 3.63) is 29.8 Å². The molecule has 2 rings (SSSR count). The van der Waals surface area contributed by atoms with Gasteiger partial charge in [0.15, 0.2) is 0 Å². The third-order valence-corrected chi connectivity index (χ3v) is 2.53. The minimum Gasteiger partial charge on any atom is -0.497 e. The maximum Gasteiger partial charge on any atom is 0.305 e. The topological polar surface area (TPSA) is 58.6 Å². The fourth-order valence-corrected chi connectivity index (χ4v) is 1.65. The summed E-state index contributed by atoms with van der Waals surface area (Å²) in [6.45, 7) is 0. The fraction of sp³-hybridized carbons (Fsp3) is 0.273. The molecule has 0 aromatic heterocycles. The van der Waals surface area contributed by atoms with Crippen molar-refractivity contribution in [1.82, 2.24) is 10.4 Å². The van der Waals surface area contributed by atoms with Gasteiger partial charge in [-0.05, 0) is 17.7 Å². The van der Waals surface area contributed by atoms with Crippen LogP contribution < -0.4 is 10.2 Å². The van der Waals surface area contributed by atoms with Crippen LogP contribution in [-0.2, 0) is 9.59 Å². The van der Waals surface area contributed by atoms with E-state index in [4.69, 9.17) is 4.74 Å². The summed E-state index contributed by atoms with van der Waals surface area (Å²) >= 11 is 0. The van der Waals surface area contributed by atoms with Crippen molar-refractivity contribution in [1.29, 1.82) is 0 Å². The summed E-state index contributed by atoms with van der Waals surface area (Å²) in [4.78, 5) is 22.9. The molecular formula is C11H12N2O3. The van der Waals surface area contributed by atoms with E-state index in [1.807, 2.05) is 0 Å². The molecule has 1 heterocycles. The number of methoxy groups -OCH3 is 1. The van der Waals surface area contributed by atoms with Crippen LogP contribution in [0.3, 0.4) is 0 Å². The maximum atomic E-state index is 11.6. The van der Waals surface area contributed by atoms with E-state index in [0.717, 1.165) is 5.56 Å². The molecule has 1 N–H and O–H groups in total. The molecule has 0 radical (unpaired) electrons. The van der Waals surface area contributed by atoms with Crippen LogP contribution in [-0.4, -0.2) is 30.9 Å². The molecule has 1 unspecified atom stereocenters. The summed E-state index contributed by atoms with van der Waals surface area (Å²) < 4.78 is 5.07. The molecule has 84 valence electrons. The molecule has 1 fully saturated rings. The summed E-state index contributed by atoms with van der Waals surface area (Å²) in [6, 6.07) is 6.49. The van der Waals surface area contributed by atoms with E-state index in [1.54, 1.807) is 31.4 Å². The molecule has 0 aliphatic carbocycles. The Morgan fingerprint density at radius 2 is 2.12 bits per heavy atom. The van der Waals surface area contributed by atoms with Crippen molar-refractivity contribution < 1.29 is 14.3 Å². The number of likely N-dealkylation sites (N-methyl/N-ethyl adjacent to an activating group) is 1. The average molecular weight is 220 g/mol. The molecule has 1 aliphatic heterocycles. The number of Topliss-reactive ketones (excluding diaryl/α,β-unsaturated/α-hetero) is 1. The maximum absolute atomic E-state index is 11.6. The molecule has 16 heavy (non-hydrogen) atoms. The Labute approximate surface area is 93.0 Å². The first-order valence-electron chi connectivity index (χ1n) is 4.85. The summed E-state index contributed by atoms with van der Waals surface area (Å²) in [5, 5.41) is 1.20. The van der Waals surface area contributed by atoms with Gasteiger partial charge in [-0.25, -0.2) is 5.43 Å². The average Bonchev–Trinajstić information content (AvgIpc) is 2.57. The highest BCUT2D eigenvalue weighted by atomic mass is 16.5. The van der Waals surface area contributed by atoms with Gasteiger partial charge >= 0.3 is 5.91 Å². The van der Waals surface area contributed by atoms with E-state index in [0.29, 0.717) is 5.75 Å². The largest absolute Gasteiger partial charge is 0.497 e. The Balaban J connectivity index is 2.31. The Morgan fingerprint density at radius 3 is 2.69 bits per heavy atom. The molecule has 5 heteroatoms. The standard InChI is InChI=1S/C11H12N2O3/c1-13-11(15)10(14)9(12-13)7-4-3-5-8(6-7)16-2/h3-6,9,12H,1-2H3. The summed E-state index contributed by atoms with van der Waals surface area (Å²) in [6.07, 6.45) is 0. The lowest BCUT2D eigenvalue weighted by Crippen LogP contribution is -2.30. The normalized spacial score (nSPS) is 20.4. The number of ether oxygens (including phenoxy) is 1. The lowest BCUT2D eigenvalue weighted by molar-refractivity contribution is -0.140. The minimum atomic E-state index is -0.604. The molecule has 0 bridgehead atoms. The zero-order valence-electron chi connectivity index (χ0n) is 9.06. The molecule has 1 aromatic carbocycles. The van der Waals surface area contributed by atoms with E-state index >= 15 is 0 Å². The smallest absolute Gasteiger partial charge is 0.305 e. The molecule has 0 spiro atoms. The van der Waals surface area contributed by atoms with Crippen molar-refractivity contribution in [2.24, 2.45) is 0 Å². The highest BCUT2D eigenvalue weighted by Crippen LogP contribution is 2.23. The molecule has 1 amide bonds. The number of hydrogen-bond donors (Lipinski definition) is 1. The Bertz CT molecular complexity index is 445. The highest BCUT2D eigenvalue weighted by Gasteiger charge is 2.37. The van der Waals surface area contributed by atoms with E-state index in [-0.39, 0.29) is 0 Å². The zero-order chi connectivity index (χ0) is 11.7. The van der Waals surface area contributed by atoms with Gasteiger partial charge in [0.25, 0.3) is 0 Å². The van der Waals surface area contributed by atoms with Gasteiger partial charge in [-0.2, -0.15) is 0 Å². The quantitative estimate of drug-likeness (QED) is 0.727. The van der Waals surface area contributed by atoms with Gasteiger partial charge in [0.1, 0.15) is 11.8 Å². The Morgan fingerprint density at radius 1 is 1.38 bits per heavy atom. The third kappa shape index (κ3) is 1.65. The number of ketones is 1. The number of carbonyl (C=O) groups is 2. The number of hydrogen-bond acceptors (Lipinski definition) is 4. The first kappa shape index (κ1) is 10.6. The SMILES string of the molecule is COc1cccc(C2NN(C)C(=O)C2=O)c1. The van der Waals surface area contributed by atoms with Crippen molar-refractivity contribution in [3.8, 4) is 5.75 Å². The van der Waals surface area contributed by atoms with Crippen LogP contribution in [0.15, 0.2) is 24.3 Å². The Kier molecular flexibility index (Phi) is 2.62. The van der Waals surface area contributed by atoms with Crippen molar-refractivity contribution in [2.45, 2.75) is 6.04 Å². The number of nitrogens with one attached hydrogen (secondary N) is 1. The predicted octanol–water partition coefficient (Wildman–Crippen LogP) is 0.282. The Hall–Kier alpha value is -1.88. The van der Waals surface area contributed by atoms with Gasteiger partial charge in [-0.3, -0.25) is 14.6 Å². The molecule has 0 saturated carbocycles. The van der Waals surface area contributed by atoms with Crippen LogP contribution in [0.2, 0.25) is 0 Å². The van der Waals surface area contributed by atoms with Crippen LogP contribution in [0.1, 0.15) is 11.6 Å². The van der Waals surface area contributed by atoms with Crippen molar-refractivity contribution >= 4 is 11.7 Å². The van der Waals surface area contributed by atoms with Crippen LogP contribution in [0.25, 0.3) is 0 Å². The highest BCUT2D eigenvalue weighted by molar-refractivity contribution is 6.39. The van der Waals surface area contributed by atoms with E-state index < -0.39 is 17.7 Å². The van der Waals surface area contributed by atoms with E-state index in [9.17, 15) is 9.59 Å². The molecule has 1 aromatic rings. The molecule has 1 saturated heterocycles.